The van der Waals surface area contributed by atoms with E-state index in [-0.39, 0.29) is 23.8 Å². The Balaban J connectivity index is 1.31. The largest absolute Gasteiger partial charge is 0.492 e. The minimum atomic E-state index is -0.275. The van der Waals surface area contributed by atoms with Crippen LogP contribution in [0, 0.1) is 5.82 Å². The summed E-state index contributed by atoms with van der Waals surface area (Å²) >= 11 is 1.42. The van der Waals surface area contributed by atoms with Crippen molar-refractivity contribution in [1.29, 1.82) is 0 Å². The van der Waals surface area contributed by atoms with E-state index in [4.69, 9.17) is 0 Å². The molecule has 1 fully saturated rings. The Morgan fingerprint density at radius 3 is 1.81 bits per heavy atom. The van der Waals surface area contributed by atoms with Gasteiger partial charge in [0, 0.05) is 26.2 Å². The van der Waals surface area contributed by atoms with Crippen molar-refractivity contribution in [1.82, 2.24) is 24.4 Å². The van der Waals surface area contributed by atoms with Gasteiger partial charge < -0.3 is 5.11 Å². The molecule has 6 rings (SSSR count). The van der Waals surface area contributed by atoms with E-state index in [0.717, 1.165) is 36.6 Å². The molecule has 6 nitrogen and oxygen atoms in total. The number of nitrogens with zero attached hydrogens (tertiary/aromatic N) is 5. The molecule has 1 N–H and O–H groups in total. The molecule has 0 saturated carbocycles. The predicted octanol–water partition coefficient (Wildman–Crippen LogP) is 5.13. The molecule has 3 heterocycles. The smallest absolute Gasteiger partial charge is 0.230 e. The number of rotatable bonds is 6. The molecule has 36 heavy (non-hydrogen) atoms. The zero-order valence-corrected chi connectivity index (χ0v) is 20.4. The summed E-state index contributed by atoms with van der Waals surface area (Å²) in [6, 6.07) is 27.8. The van der Waals surface area contributed by atoms with Gasteiger partial charge in [0.15, 0.2) is 0 Å². The van der Waals surface area contributed by atoms with Gasteiger partial charge >= 0.3 is 0 Å². The SMILES string of the molecule is Oc1c([C@H](c2ccc(F)cc2)N2CCN(C(c3ccccc3)c3ccccc3)CC2)sc2ncnn12. The molecular formula is C28H26FN5OS. The van der Waals surface area contributed by atoms with Crippen molar-refractivity contribution in [2.24, 2.45) is 0 Å². The average molecular weight is 500 g/mol. The molecular weight excluding hydrogens is 473 g/mol. The summed E-state index contributed by atoms with van der Waals surface area (Å²) in [6.07, 6.45) is 1.44. The Kier molecular flexibility index (Phi) is 6.23. The Morgan fingerprint density at radius 1 is 0.722 bits per heavy atom. The molecule has 1 aliphatic heterocycles. The molecule has 0 amide bonds. The Bertz CT molecular complexity index is 1390. The zero-order valence-electron chi connectivity index (χ0n) is 19.6. The molecule has 182 valence electrons. The quantitative estimate of drug-likeness (QED) is 0.351. The van der Waals surface area contributed by atoms with Crippen molar-refractivity contribution in [2.45, 2.75) is 12.1 Å². The van der Waals surface area contributed by atoms with E-state index in [9.17, 15) is 9.50 Å². The van der Waals surface area contributed by atoms with Crippen molar-refractivity contribution in [3.63, 3.8) is 0 Å². The second-order valence-corrected chi connectivity index (χ2v) is 10.0. The van der Waals surface area contributed by atoms with Crippen LogP contribution >= 0.6 is 11.3 Å². The fourth-order valence-corrected chi connectivity index (χ4v) is 6.28. The molecule has 8 heteroatoms. The summed E-state index contributed by atoms with van der Waals surface area (Å²) in [4.78, 5) is 10.6. The van der Waals surface area contributed by atoms with Crippen LogP contribution in [0.15, 0.2) is 91.3 Å². The first-order valence-electron chi connectivity index (χ1n) is 12.0. The molecule has 3 aromatic carbocycles. The summed E-state index contributed by atoms with van der Waals surface area (Å²) in [5, 5.41) is 15.1. The van der Waals surface area contributed by atoms with E-state index in [1.165, 1.54) is 45.4 Å². The maximum atomic E-state index is 13.8. The minimum absolute atomic E-state index is 0.0932. The van der Waals surface area contributed by atoms with Crippen molar-refractivity contribution >= 4 is 16.3 Å². The highest BCUT2D eigenvalue weighted by Gasteiger charge is 2.33. The number of hydrogen-bond donors (Lipinski definition) is 1. The van der Waals surface area contributed by atoms with Crippen molar-refractivity contribution in [3.05, 3.63) is 119 Å². The number of halogens is 1. The van der Waals surface area contributed by atoms with Crippen molar-refractivity contribution in [3.8, 4) is 5.88 Å². The Labute approximate surface area is 212 Å². The van der Waals surface area contributed by atoms with Crippen molar-refractivity contribution < 1.29 is 9.50 Å². The lowest BCUT2D eigenvalue weighted by molar-refractivity contribution is 0.0899. The van der Waals surface area contributed by atoms with Crippen LogP contribution in [-0.2, 0) is 0 Å². The van der Waals surface area contributed by atoms with E-state index >= 15 is 0 Å². The fraction of sp³-hybridized carbons (Fsp3) is 0.214. The number of benzene rings is 3. The molecule has 0 radical (unpaired) electrons. The van der Waals surface area contributed by atoms with Crippen LogP contribution in [0.3, 0.4) is 0 Å². The number of piperazine rings is 1. The second-order valence-electron chi connectivity index (χ2n) is 8.99. The lowest BCUT2D eigenvalue weighted by Gasteiger charge is -2.42. The summed E-state index contributed by atoms with van der Waals surface area (Å²) in [6.45, 7) is 3.30. The van der Waals surface area contributed by atoms with Gasteiger partial charge in [0.25, 0.3) is 0 Å². The fourth-order valence-electron chi connectivity index (χ4n) is 5.18. The predicted molar refractivity (Wildman–Crippen MR) is 139 cm³/mol. The highest BCUT2D eigenvalue weighted by Crippen LogP contribution is 2.40. The monoisotopic (exact) mass is 499 g/mol. The van der Waals surface area contributed by atoms with Gasteiger partial charge in [-0.15, -0.1) is 0 Å². The lowest BCUT2D eigenvalue weighted by Crippen LogP contribution is -2.49. The number of hydrogen-bond acceptors (Lipinski definition) is 6. The lowest BCUT2D eigenvalue weighted by atomic mass is 9.96. The van der Waals surface area contributed by atoms with Crippen LogP contribution in [0.25, 0.3) is 4.96 Å². The van der Waals surface area contributed by atoms with E-state index in [2.05, 4.69) is 80.5 Å². The third-order valence-electron chi connectivity index (χ3n) is 6.88. The van der Waals surface area contributed by atoms with E-state index in [0.29, 0.717) is 4.96 Å². The minimum Gasteiger partial charge on any atom is -0.492 e. The first kappa shape index (κ1) is 22.8. The van der Waals surface area contributed by atoms with E-state index in [1.807, 2.05) is 0 Å². The van der Waals surface area contributed by atoms with Gasteiger partial charge in [0.1, 0.15) is 12.1 Å². The second kappa shape index (κ2) is 9.81. The van der Waals surface area contributed by atoms with Gasteiger partial charge in [0.2, 0.25) is 10.8 Å². The van der Waals surface area contributed by atoms with Crippen molar-refractivity contribution in [2.75, 3.05) is 26.2 Å². The number of aromatic nitrogens is 3. The first-order valence-corrected chi connectivity index (χ1v) is 12.9. The van der Waals surface area contributed by atoms with Crippen LogP contribution in [0.1, 0.15) is 33.7 Å². The molecule has 0 bridgehead atoms. The average Bonchev–Trinajstić information content (AvgIpc) is 3.51. The van der Waals surface area contributed by atoms with Crippen LogP contribution in [-0.4, -0.2) is 55.7 Å². The maximum absolute atomic E-state index is 13.8. The molecule has 1 saturated heterocycles. The van der Waals surface area contributed by atoms with E-state index in [1.54, 1.807) is 12.1 Å². The summed E-state index contributed by atoms with van der Waals surface area (Å²) in [5.74, 6) is -0.182. The van der Waals surface area contributed by atoms with Gasteiger partial charge in [0.05, 0.1) is 17.0 Å². The summed E-state index contributed by atoms with van der Waals surface area (Å²) in [5.41, 5.74) is 3.48. The number of thiazole rings is 1. The normalized spacial score (nSPS) is 16.1. The van der Waals surface area contributed by atoms with Gasteiger partial charge in [-0.25, -0.2) is 9.37 Å². The molecule has 1 atom stereocenters. The van der Waals surface area contributed by atoms with Crippen LogP contribution in [0.2, 0.25) is 0 Å². The van der Waals surface area contributed by atoms with E-state index < -0.39 is 0 Å². The standard InChI is InChI=1S/C28H26FN5OS/c29-23-13-11-22(12-14-23)25(26-27(35)34-28(36-26)30-19-31-34)33-17-15-32(16-18-33)24(20-7-3-1-4-8-20)21-9-5-2-6-10-21/h1-14,19,24-25,35H,15-18H2/t25-/m0/s1. The Morgan fingerprint density at radius 2 is 1.25 bits per heavy atom. The number of aromatic hydroxyl groups is 1. The first-order chi connectivity index (χ1) is 17.7. The molecule has 1 aliphatic rings. The van der Waals surface area contributed by atoms with Gasteiger partial charge in [-0.3, -0.25) is 9.80 Å². The van der Waals surface area contributed by atoms with Gasteiger partial charge in [-0.2, -0.15) is 9.61 Å². The molecule has 2 aromatic heterocycles. The number of fused-ring (bicyclic) bond motifs is 1. The highest BCUT2D eigenvalue weighted by atomic mass is 32.1. The summed E-state index contributed by atoms with van der Waals surface area (Å²) in [7, 11) is 0. The topological polar surface area (TPSA) is 56.9 Å². The van der Waals surface area contributed by atoms with Gasteiger partial charge in [-0.05, 0) is 28.8 Å². The van der Waals surface area contributed by atoms with Crippen LogP contribution in [0.5, 0.6) is 5.88 Å². The van der Waals surface area contributed by atoms with Crippen LogP contribution < -0.4 is 0 Å². The Hall–Kier alpha value is -3.59. The van der Waals surface area contributed by atoms with Crippen LogP contribution in [0.4, 0.5) is 4.39 Å². The third kappa shape index (κ3) is 4.28. The maximum Gasteiger partial charge on any atom is 0.230 e. The molecule has 0 aliphatic carbocycles. The molecule has 0 spiro atoms. The van der Waals surface area contributed by atoms with Gasteiger partial charge in [-0.1, -0.05) is 84.1 Å². The highest BCUT2D eigenvalue weighted by molar-refractivity contribution is 7.17. The third-order valence-corrected chi connectivity index (χ3v) is 7.97. The molecule has 5 aromatic rings. The molecule has 0 unspecified atom stereocenters. The summed E-state index contributed by atoms with van der Waals surface area (Å²) < 4.78 is 15.2. The zero-order chi connectivity index (χ0) is 24.5.